The van der Waals surface area contributed by atoms with E-state index < -0.39 is 0 Å². The third-order valence-electron chi connectivity index (χ3n) is 2.47. The summed E-state index contributed by atoms with van der Waals surface area (Å²) in [6, 6.07) is 5.97. The van der Waals surface area contributed by atoms with Gasteiger partial charge in [0.05, 0.1) is 5.52 Å². The average molecular weight is 210 g/mol. The third-order valence-corrected chi connectivity index (χ3v) is 2.47. The zero-order chi connectivity index (χ0) is 10.8. The standard InChI is InChI=1S/C12H10N4/c1-2-6-10(13-8-3-1)9-5-4-7-11-12(9)15-16-14-11/h1-8,13H,(H,14,15,16). The lowest BCUT2D eigenvalue weighted by molar-refractivity contribution is 0.958. The van der Waals surface area contributed by atoms with Gasteiger partial charge in [-0.25, -0.2) is 0 Å². The minimum Gasteiger partial charge on any atom is -0.361 e. The molecule has 2 N–H and O–H groups in total. The highest BCUT2D eigenvalue weighted by atomic mass is 15.3. The number of benzene rings is 1. The first-order chi connectivity index (χ1) is 7.95. The molecule has 0 fully saturated rings. The summed E-state index contributed by atoms with van der Waals surface area (Å²) in [7, 11) is 0. The van der Waals surface area contributed by atoms with Crippen molar-refractivity contribution in [3.8, 4) is 0 Å². The van der Waals surface area contributed by atoms with Crippen LogP contribution in [-0.2, 0) is 0 Å². The zero-order valence-corrected chi connectivity index (χ0v) is 8.51. The predicted octanol–water partition coefficient (Wildman–Crippen LogP) is 1.97. The summed E-state index contributed by atoms with van der Waals surface area (Å²) in [4.78, 5) is 0. The minimum atomic E-state index is 0.880. The number of aromatic amines is 1. The Kier molecular flexibility index (Phi) is 2.04. The Labute approximate surface area is 92.4 Å². The number of rotatable bonds is 1. The van der Waals surface area contributed by atoms with Gasteiger partial charge >= 0.3 is 0 Å². The highest BCUT2D eigenvalue weighted by Gasteiger charge is 2.07. The molecule has 0 spiro atoms. The fourth-order valence-electron chi connectivity index (χ4n) is 1.71. The van der Waals surface area contributed by atoms with E-state index in [2.05, 4.69) is 20.7 Å². The van der Waals surface area contributed by atoms with E-state index >= 15 is 0 Å². The fraction of sp³-hybridized carbons (Fsp3) is 0. The van der Waals surface area contributed by atoms with Crippen LogP contribution in [-0.4, -0.2) is 15.4 Å². The van der Waals surface area contributed by atoms with Gasteiger partial charge in [0.1, 0.15) is 5.52 Å². The molecule has 0 radical (unpaired) electrons. The molecular formula is C12H10N4. The molecule has 0 bridgehead atoms. The second-order valence-corrected chi connectivity index (χ2v) is 3.48. The van der Waals surface area contributed by atoms with Crippen LogP contribution in [0.5, 0.6) is 0 Å². The van der Waals surface area contributed by atoms with Crippen molar-refractivity contribution >= 4 is 16.7 Å². The molecule has 0 aliphatic carbocycles. The van der Waals surface area contributed by atoms with Crippen LogP contribution in [0.1, 0.15) is 5.56 Å². The second kappa shape index (κ2) is 3.66. The summed E-state index contributed by atoms with van der Waals surface area (Å²) in [6.45, 7) is 0. The zero-order valence-electron chi connectivity index (χ0n) is 8.51. The van der Waals surface area contributed by atoms with Crippen molar-refractivity contribution < 1.29 is 0 Å². The summed E-state index contributed by atoms with van der Waals surface area (Å²) in [6.07, 6.45) is 9.83. The number of hydrogen-bond donors (Lipinski definition) is 2. The molecule has 3 rings (SSSR count). The molecule has 4 nitrogen and oxygen atoms in total. The quantitative estimate of drug-likeness (QED) is 0.756. The molecule has 2 aromatic rings. The van der Waals surface area contributed by atoms with Crippen molar-refractivity contribution in [3.05, 3.63) is 54.3 Å². The van der Waals surface area contributed by atoms with E-state index in [9.17, 15) is 0 Å². The summed E-state index contributed by atoms with van der Waals surface area (Å²) in [5.74, 6) is 0. The van der Waals surface area contributed by atoms with Crippen LogP contribution in [0.25, 0.3) is 16.7 Å². The average Bonchev–Trinajstić information content (AvgIpc) is 2.63. The van der Waals surface area contributed by atoms with Gasteiger partial charge < -0.3 is 5.32 Å². The molecule has 0 amide bonds. The molecule has 0 saturated carbocycles. The van der Waals surface area contributed by atoms with Crippen molar-refractivity contribution in [3.63, 3.8) is 0 Å². The number of fused-ring (bicyclic) bond motifs is 1. The number of nitrogens with one attached hydrogen (secondary N) is 2. The SMILES string of the molecule is C1=CC=C(c2cccc3[nH]nnc23)NC=C1. The van der Waals surface area contributed by atoms with Crippen LogP contribution in [0.2, 0.25) is 0 Å². The van der Waals surface area contributed by atoms with Gasteiger partial charge in [-0.2, -0.15) is 0 Å². The second-order valence-electron chi connectivity index (χ2n) is 3.48. The van der Waals surface area contributed by atoms with Gasteiger partial charge in [0, 0.05) is 17.5 Å². The van der Waals surface area contributed by atoms with Crippen LogP contribution in [0.3, 0.4) is 0 Å². The Morgan fingerprint density at radius 2 is 2.06 bits per heavy atom. The summed E-state index contributed by atoms with van der Waals surface area (Å²) >= 11 is 0. The molecule has 1 aliphatic rings. The minimum absolute atomic E-state index is 0.880. The molecule has 0 saturated heterocycles. The Hall–Kier alpha value is -2.36. The number of hydrogen-bond acceptors (Lipinski definition) is 3. The fourth-order valence-corrected chi connectivity index (χ4v) is 1.71. The van der Waals surface area contributed by atoms with Gasteiger partial charge in [-0.3, -0.25) is 5.10 Å². The molecule has 78 valence electrons. The Morgan fingerprint density at radius 3 is 3.06 bits per heavy atom. The molecular weight excluding hydrogens is 200 g/mol. The topological polar surface area (TPSA) is 53.6 Å². The van der Waals surface area contributed by atoms with E-state index in [1.54, 1.807) is 0 Å². The Balaban J connectivity index is 2.18. The number of nitrogens with zero attached hydrogens (tertiary/aromatic N) is 2. The summed E-state index contributed by atoms with van der Waals surface area (Å²) in [5, 5.41) is 14.0. The van der Waals surface area contributed by atoms with Crippen LogP contribution in [0, 0.1) is 0 Å². The van der Waals surface area contributed by atoms with Crippen molar-refractivity contribution in [2.45, 2.75) is 0 Å². The van der Waals surface area contributed by atoms with Gasteiger partial charge in [-0.1, -0.05) is 29.5 Å². The van der Waals surface area contributed by atoms with Crippen LogP contribution in [0.15, 0.2) is 48.7 Å². The highest BCUT2D eigenvalue weighted by molar-refractivity contribution is 5.88. The predicted molar refractivity (Wildman–Crippen MR) is 63.3 cm³/mol. The lowest BCUT2D eigenvalue weighted by atomic mass is 10.1. The first kappa shape index (κ1) is 8.91. The summed E-state index contributed by atoms with van der Waals surface area (Å²) in [5.41, 5.74) is 3.88. The van der Waals surface area contributed by atoms with Crippen molar-refractivity contribution in [2.24, 2.45) is 0 Å². The molecule has 1 aromatic heterocycles. The number of H-pyrrole nitrogens is 1. The first-order valence-electron chi connectivity index (χ1n) is 5.05. The molecule has 1 aromatic carbocycles. The Morgan fingerprint density at radius 1 is 1.06 bits per heavy atom. The van der Waals surface area contributed by atoms with Crippen molar-refractivity contribution in [2.75, 3.05) is 0 Å². The van der Waals surface area contributed by atoms with Gasteiger partial charge in [0.2, 0.25) is 0 Å². The van der Waals surface area contributed by atoms with Crippen LogP contribution < -0.4 is 5.32 Å². The lowest BCUT2D eigenvalue weighted by Crippen LogP contribution is -2.03. The van der Waals surface area contributed by atoms with E-state index in [1.165, 1.54) is 0 Å². The van der Waals surface area contributed by atoms with Crippen molar-refractivity contribution in [1.82, 2.24) is 20.7 Å². The summed E-state index contributed by atoms with van der Waals surface area (Å²) < 4.78 is 0. The third kappa shape index (κ3) is 1.40. The lowest BCUT2D eigenvalue weighted by Gasteiger charge is -2.06. The van der Waals surface area contributed by atoms with Gasteiger partial charge in [-0.05, 0) is 18.2 Å². The maximum absolute atomic E-state index is 4.09. The van der Waals surface area contributed by atoms with E-state index in [4.69, 9.17) is 0 Å². The van der Waals surface area contributed by atoms with Crippen molar-refractivity contribution in [1.29, 1.82) is 0 Å². The van der Waals surface area contributed by atoms with E-state index in [-0.39, 0.29) is 0 Å². The highest BCUT2D eigenvalue weighted by Crippen LogP contribution is 2.20. The Bertz CT molecular complexity index is 604. The van der Waals surface area contributed by atoms with Gasteiger partial charge in [0.25, 0.3) is 0 Å². The molecule has 0 atom stereocenters. The number of allylic oxidation sites excluding steroid dienone is 4. The molecule has 16 heavy (non-hydrogen) atoms. The molecule has 0 unspecified atom stereocenters. The maximum atomic E-state index is 4.09. The normalized spacial score (nSPS) is 14.6. The monoisotopic (exact) mass is 210 g/mol. The van der Waals surface area contributed by atoms with Crippen LogP contribution >= 0.6 is 0 Å². The smallest absolute Gasteiger partial charge is 0.122 e. The largest absolute Gasteiger partial charge is 0.361 e. The molecule has 1 aliphatic heterocycles. The number of aromatic nitrogens is 3. The van der Waals surface area contributed by atoms with Gasteiger partial charge in [0.15, 0.2) is 0 Å². The first-order valence-corrected chi connectivity index (χ1v) is 5.05. The molecule has 4 heteroatoms. The molecule has 2 heterocycles. The van der Waals surface area contributed by atoms with E-state index in [0.29, 0.717) is 0 Å². The van der Waals surface area contributed by atoms with E-state index in [0.717, 1.165) is 22.3 Å². The van der Waals surface area contributed by atoms with Gasteiger partial charge in [-0.15, -0.1) is 5.10 Å². The van der Waals surface area contributed by atoms with Crippen LogP contribution in [0.4, 0.5) is 0 Å². The maximum Gasteiger partial charge on any atom is 0.122 e. The van der Waals surface area contributed by atoms with E-state index in [1.807, 2.05) is 48.7 Å².